The van der Waals surface area contributed by atoms with Crippen molar-refractivity contribution in [1.29, 1.82) is 0 Å². The number of rotatable bonds is 6. The first-order valence-electron chi connectivity index (χ1n) is 7.24. The molecule has 0 fully saturated rings. The number of thiophene rings is 1. The third-order valence-electron chi connectivity index (χ3n) is 2.97. The van der Waals surface area contributed by atoms with Gasteiger partial charge in [-0.15, -0.1) is 46.7 Å². The Bertz CT molecular complexity index is 566. The van der Waals surface area contributed by atoms with Gasteiger partial charge in [0.1, 0.15) is 0 Å². The van der Waals surface area contributed by atoms with Gasteiger partial charge in [0.2, 0.25) is 0 Å². The highest BCUT2D eigenvalue weighted by atomic mass is 127. The van der Waals surface area contributed by atoms with E-state index in [1.165, 1.54) is 9.88 Å². The third kappa shape index (κ3) is 5.85. The molecule has 0 saturated heterocycles. The van der Waals surface area contributed by atoms with Gasteiger partial charge in [-0.2, -0.15) is 0 Å². The van der Waals surface area contributed by atoms with Gasteiger partial charge in [0.15, 0.2) is 5.96 Å². The smallest absolute Gasteiger partial charge is 0.192 e. The van der Waals surface area contributed by atoms with Crippen LogP contribution in [0.2, 0.25) is 0 Å². The Kier molecular flexibility index (Phi) is 8.96. The molecule has 0 aromatic carbocycles. The average molecular weight is 450 g/mol. The summed E-state index contributed by atoms with van der Waals surface area (Å²) in [5, 5.41) is 12.1. The second-order valence-electron chi connectivity index (χ2n) is 4.66. The number of hydrogen-bond acceptors (Lipinski definition) is 4. The highest BCUT2D eigenvalue weighted by molar-refractivity contribution is 14.0. The topological polar surface area (TPSA) is 49.3 Å². The minimum Gasteiger partial charge on any atom is -0.357 e. The average Bonchev–Trinajstić information content (AvgIpc) is 3.16. The van der Waals surface area contributed by atoms with Crippen molar-refractivity contribution in [3.05, 3.63) is 38.5 Å². The van der Waals surface area contributed by atoms with E-state index in [4.69, 9.17) is 0 Å². The molecule has 2 aromatic heterocycles. The minimum absolute atomic E-state index is 0. The molecule has 0 saturated carbocycles. The van der Waals surface area contributed by atoms with E-state index in [0.29, 0.717) is 6.54 Å². The third-order valence-corrected chi connectivity index (χ3v) is 5.07. The van der Waals surface area contributed by atoms with Crippen molar-refractivity contribution in [2.75, 3.05) is 6.54 Å². The largest absolute Gasteiger partial charge is 0.357 e. The summed E-state index contributed by atoms with van der Waals surface area (Å²) in [5.41, 5.74) is 1.04. The molecule has 1 unspecified atom stereocenters. The maximum absolute atomic E-state index is 4.62. The number of nitrogens with one attached hydrogen (secondary N) is 2. The predicted octanol–water partition coefficient (Wildman–Crippen LogP) is 4.20. The van der Waals surface area contributed by atoms with Crippen LogP contribution in [0.4, 0.5) is 0 Å². The first-order chi connectivity index (χ1) is 10.2. The van der Waals surface area contributed by atoms with E-state index in [9.17, 15) is 0 Å². The fourth-order valence-corrected chi connectivity index (χ4v) is 3.35. The van der Waals surface area contributed by atoms with Gasteiger partial charge in [0, 0.05) is 16.8 Å². The Morgan fingerprint density at radius 3 is 2.77 bits per heavy atom. The fourth-order valence-electron chi connectivity index (χ4n) is 1.88. The zero-order valence-corrected chi connectivity index (χ0v) is 17.1. The van der Waals surface area contributed by atoms with Crippen LogP contribution in [0, 0.1) is 0 Å². The first kappa shape index (κ1) is 19.4. The second kappa shape index (κ2) is 10.2. The second-order valence-corrected chi connectivity index (χ2v) is 6.58. The molecule has 122 valence electrons. The van der Waals surface area contributed by atoms with E-state index in [2.05, 4.69) is 64.3 Å². The summed E-state index contributed by atoms with van der Waals surface area (Å²) in [6.45, 7) is 7.81. The lowest BCUT2D eigenvalue weighted by Crippen LogP contribution is -2.38. The van der Waals surface area contributed by atoms with Crippen LogP contribution in [0.5, 0.6) is 0 Å². The molecule has 0 aliphatic heterocycles. The zero-order chi connectivity index (χ0) is 15.1. The summed E-state index contributed by atoms with van der Waals surface area (Å²) in [7, 11) is 0. The maximum Gasteiger partial charge on any atom is 0.192 e. The van der Waals surface area contributed by atoms with Crippen LogP contribution in [0.15, 0.2) is 27.9 Å². The molecule has 0 bridgehead atoms. The van der Waals surface area contributed by atoms with Gasteiger partial charge in [-0.1, -0.05) is 13.0 Å². The van der Waals surface area contributed by atoms with Crippen molar-refractivity contribution in [3.8, 4) is 0 Å². The first-order valence-corrected chi connectivity index (χ1v) is 9.00. The van der Waals surface area contributed by atoms with E-state index in [-0.39, 0.29) is 30.0 Å². The molecule has 2 heterocycles. The van der Waals surface area contributed by atoms with Crippen LogP contribution in [0.25, 0.3) is 0 Å². The van der Waals surface area contributed by atoms with E-state index in [0.717, 1.165) is 24.6 Å². The molecule has 7 heteroatoms. The Hall–Kier alpha value is -0.670. The number of aromatic nitrogens is 1. The van der Waals surface area contributed by atoms with Crippen molar-refractivity contribution >= 4 is 52.6 Å². The molecule has 2 rings (SSSR count). The summed E-state index contributed by atoms with van der Waals surface area (Å²) in [4.78, 5) is 10.5. The summed E-state index contributed by atoms with van der Waals surface area (Å²) >= 11 is 3.46. The van der Waals surface area contributed by atoms with Gasteiger partial charge < -0.3 is 10.6 Å². The molecule has 2 aromatic rings. The standard InChI is InChI=1S/C15H22N4S2.HI/c1-4-14-19-12(10-21-14)9-17-15(16-5-2)18-11(3)13-7-6-8-20-13;/h6-8,10-11H,4-5,9H2,1-3H3,(H2,16,17,18);1H. The Balaban J connectivity index is 0.00000242. The number of aliphatic imine (C=N–C) groups is 1. The van der Waals surface area contributed by atoms with Gasteiger partial charge in [0.25, 0.3) is 0 Å². The Labute approximate surface area is 157 Å². The Morgan fingerprint density at radius 1 is 1.36 bits per heavy atom. The van der Waals surface area contributed by atoms with Crippen molar-refractivity contribution in [2.45, 2.75) is 39.8 Å². The lowest BCUT2D eigenvalue weighted by molar-refractivity contribution is 0.697. The minimum atomic E-state index is 0. The number of nitrogens with zero attached hydrogens (tertiary/aromatic N) is 2. The molecule has 1 atom stereocenters. The van der Waals surface area contributed by atoms with E-state index < -0.39 is 0 Å². The van der Waals surface area contributed by atoms with Crippen LogP contribution in [0.3, 0.4) is 0 Å². The van der Waals surface area contributed by atoms with Crippen molar-refractivity contribution in [3.63, 3.8) is 0 Å². The van der Waals surface area contributed by atoms with Gasteiger partial charge in [-0.25, -0.2) is 9.98 Å². The fraction of sp³-hybridized carbons (Fsp3) is 0.467. The van der Waals surface area contributed by atoms with E-state index in [1.54, 1.807) is 22.7 Å². The highest BCUT2D eigenvalue weighted by Gasteiger charge is 2.08. The van der Waals surface area contributed by atoms with Gasteiger partial charge in [-0.3, -0.25) is 0 Å². The van der Waals surface area contributed by atoms with Gasteiger partial charge in [-0.05, 0) is 31.7 Å². The summed E-state index contributed by atoms with van der Waals surface area (Å²) < 4.78 is 0. The number of hydrogen-bond donors (Lipinski definition) is 2. The molecule has 2 N–H and O–H groups in total. The zero-order valence-electron chi connectivity index (χ0n) is 13.1. The highest BCUT2D eigenvalue weighted by Crippen LogP contribution is 2.18. The summed E-state index contributed by atoms with van der Waals surface area (Å²) in [5.74, 6) is 0.837. The molecule has 0 radical (unpaired) electrons. The monoisotopic (exact) mass is 450 g/mol. The van der Waals surface area contributed by atoms with Gasteiger partial charge in [0.05, 0.1) is 23.3 Å². The van der Waals surface area contributed by atoms with Crippen molar-refractivity contribution in [2.24, 2.45) is 4.99 Å². The van der Waals surface area contributed by atoms with Crippen molar-refractivity contribution in [1.82, 2.24) is 15.6 Å². The maximum atomic E-state index is 4.62. The van der Waals surface area contributed by atoms with Crippen LogP contribution >= 0.6 is 46.7 Å². The quantitative estimate of drug-likeness (QED) is 0.394. The van der Waals surface area contributed by atoms with E-state index in [1.807, 2.05) is 0 Å². The lowest BCUT2D eigenvalue weighted by Gasteiger charge is -2.16. The predicted molar refractivity (Wildman–Crippen MR) is 108 cm³/mol. The number of aryl methyl sites for hydroxylation is 1. The molecule has 0 amide bonds. The number of halogens is 1. The summed E-state index contributed by atoms with van der Waals surface area (Å²) in [6.07, 6.45) is 0.988. The molecule has 0 aliphatic rings. The SMILES string of the molecule is CCNC(=NCc1csc(CC)n1)NC(C)c1cccs1.I. The molecular weight excluding hydrogens is 427 g/mol. The van der Waals surface area contributed by atoms with Crippen LogP contribution in [-0.2, 0) is 13.0 Å². The Morgan fingerprint density at radius 2 is 2.18 bits per heavy atom. The lowest BCUT2D eigenvalue weighted by atomic mass is 10.3. The number of guanidine groups is 1. The molecule has 0 spiro atoms. The summed E-state index contributed by atoms with van der Waals surface area (Å²) in [6, 6.07) is 4.47. The van der Waals surface area contributed by atoms with Crippen LogP contribution < -0.4 is 10.6 Å². The molecule has 4 nitrogen and oxygen atoms in total. The number of thiazole rings is 1. The molecule has 0 aliphatic carbocycles. The van der Waals surface area contributed by atoms with Crippen LogP contribution in [-0.4, -0.2) is 17.5 Å². The van der Waals surface area contributed by atoms with Crippen molar-refractivity contribution < 1.29 is 0 Å². The van der Waals surface area contributed by atoms with Crippen LogP contribution in [0.1, 0.15) is 42.4 Å². The normalized spacial score (nSPS) is 12.6. The van der Waals surface area contributed by atoms with Gasteiger partial charge >= 0.3 is 0 Å². The van der Waals surface area contributed by atoms with E-state index >= 15 is 0 Å². The molecular formula is C15H23IN4S2. The molecule has 22 heavy (non-hydrogen) atoms.